The molecule has 3 aromatic carbocycles. The van der Waals surface area contributed by atoms with Gasteiger partial charge in [-0.3, -0.25) is 9.10 Å². The maximum absolute atomic E-state index is 13.7. The highest BCUT2D eigenvalue weighted by molar-refractivity contribution is 7.92. The van der Waals surface area contributed by atoms with Crippen molar-refractivity contribution in [1.29, 1.82) is 0 Å². The molecule has 1 amide bonds. The number of carbonyl (C=O) groups is 1. The number of hydrazone groups is 1. The number of hydrogen-bond acceptors (Lipinski definition) is 6. The number of benzene rings is 3. The zero-order valence-electron chi connectivity index (χ0n) is 22.2. The lowest BCUT2D eigenvalue weighted by atomic mass is 10.2. The van der Waals surface area contributed by atoms with E-state index in [1.807, 2.05) is 36.6 Å². The number of ether oxygens (including phenoxy) is 2. The standard InChI is InChI=1S/C29H26ClFN4O5S/c1-19-15-21(20(2)35(19)25-7-3-22(30)4-8-25)17-32-33-29(36)18-34(24-9-5-23(31)6-10-24)41(37,38)26-11-12-27-28(16-26)40-14-13-39-27/h3-12,15-17H,13-14,18H2,1-2H3,(H,33,36)/b32-17-. The van der Waals surface area contributed by atoms with Crippen LogP contribution in [-0.4, -0.2) is 44.9 Å². The molecule has 1 N–H and O–H groups in total. The number of fused-ring (bicyclic) bond motifs is 1. The van der Waals surface area contributed by atoms with Crippen LogP contribution < -0.4 is 19.2 Å². The molecular formula is C29H26ClFN4O5S. The Morgan fingerprint density at radius 3 is 2.41 bits per heavy atom. The first-order valence-electron chi connectivity index (χ1n) is 12.6. The summed E-state index contributed by atoms with van der Waals surface area (Å²) in [6.45, 7) is 3.89. The van der Waals surface area contributed by atoms with Crippen molar-refractivity contribution in [1.82, 2.24) is 9.99 Å². The topological polar surface area (TPSA) is 102 Å². The number of amides is 1. The summed E-state index contributed by atoms with van der Waals surface area (Å²) in [5.41, 5.74) is 6.02. The number of aryl methyl sites for hydroxylation is 1. The van der Waals surface area contributed by atoms with Gasteiger partial charge >= 0.3 is 0 Å². The van der Waals surface area contributed by atoms with Crippen LogP contribution in [0.1, 0.15) is 17.0 Å². The van der Waals surface area contributed by atoms with Crippen LogP contribution in [-0.2, 0) is 14.8 Å². The van der Waals surface area contributed by atoms with Gasteiger partial charge in [-0.1, -0.05) is 11.6 Å². The second-order valence-corrected chi connectivity index (χ2v) is 11.5. The molecule has 12 heteroatoms. The van der Waals surface area contributed by atoms with E-state index in [9.17, 15) is 17.6 Å². The van der Waals surface area contributed by atoms with Crippen LogP contribution in [0.5, 0.6) is 11.5 Å². The van der Waals surface area contributed by atoms with E-state index in [0.717, 1.165) is 39.1 Å². The minimum atomic E-state index is -4.27. The fourth-order valence-electron chi connectivity index (χ4n) is 4.48. The molecule has 4 aromatic rings. The molecule has 0 fully saturated rings. The lowest BCUT2D eigenvalue weighted by Crippen LogP contribution is -2.39. The average molecular weight is 597 g/mol. The van der Waals surface area contributed by atoms with E-state index in [2.05, 4.69) is 10.5 Å². The van der Waals surface area contributed by atoms with Crippen LogP contribution in [0.3, 0.4) is 0 Å². The number of halogens is 2. The molecule has 212 valence electrons. The number of sulfonamides is 1. The number of hydrogen-bond donors (Lipinski definition) is 1. The maximum atomic E-state index is 13.7. The molecule has 0 spiro atoms. The monoisotopic (exact) mass is 596 g/mol. The average Bonchev–Trinajstić information content (AvgIpc) is 3.24. The summed E-state index contributed by atoms with van der Waals surface area (Å²) >= 11 is 6.02. The van der Waals surface area contributed by atoms with Gasteiger partial charge < -0.3 is 14.0 Å². The van der Waals surface area contributed by atoms with E-state index in [-0.39, 0.29) is 22.9 Å². The van der Waals surface area contributed by atoms with Crippen molar-refractivity contribution in [2.24, 2.45) is 5.10 Å². The highest BCUT2D eigenvalue weighted by atomic mass is 35.5. The van der Waals surface area contributed by atoms with Gasteiger partial charge in [0.05, 0.1) is 16.8 Å². The molecule has 1 aliphatic heterocycles. The van der Waals surface area contributed by atoms with Crippen molar-refractivity contribution in [3.63, 3.8) is 0 Å². The summed E-state index contributed by atoms with van der Waals surface area (Å²) in [7, 11) is -4.27. The Morgan fingerprint density at radius 2 is 1.71 bits per heavy atom. The summed E-state index contributed by atoms with van der Waals surface area (Å²) in [5.74, 6) is -0.540. The van der Waals surface area contributed by atoms with E-state index in [1.165, 1.54) is 36.5 Å². The number of anilines is 1. The lowest BCUT2D eigenvalue weighted by molar-refractivity contribution is -0.119. The van der Waals surface area contributed by atoms with E-state index in [0.29, 0.717) is 17.4 Å². The smallest absolute Gasteiger partial charge is 0.264 e. The molecule has 0 saturated carbocycles. The normalized spacial score (nSPS) is 12.9. The van der Waals surface area contributed by atoms with Crippen molar-refractivity contribution in [2.75, 3.05) is 24.1 Å². The Kier molecular flexibility index (Phi) is 8.00. The molecule has 0 unspecified atom stereocenters. The van der Waals surface area contributed by atoms with Gasteiger partial charge in [-0.15, -0.1) is 0 Å². The molecular weight excluding hydrogens is 571 g/mol. The summed E-state index contributed by atoms with van der Waals surface area (Å²) in [5, 5.41) is 4.69. The highest BCUT2D eigenvalue weighted by Crippen LogP contribution is 2.34. The predicted molar refractivity (Wildman–Crippen MR) is 154 cm³/mol. The summed E-state index contributed by atoms with van der Waals surface area (Å²) in [6, 6.07) is 18.3. The molecule has 1 aliphatic rings. The SMILES string of the molecule is Cc1cc(/C=N\NC(=O)CN(c2ccc(F)cc2)S(=O)(=O)c2ccc3c(c2)OCCO3)c(C)n1-c1ccc(Cl)cc1. The Bertz CT molecular complexity index is 1720. The van der Waals surface area contributed by atoms with Gasteiger partial charge in [-0.05, 0) is 80.6 Å². The van der Waals surface area contributed by atoms with Crippen molar-refractivity contribution >= 4 is 39.4 Å². The molecule has 2 heterocycles. The van der Waals surface area contributed by atoms with Gasteiger partial charge in [0.1, 0.15) is 25.6 Å². The molecule has 5 rings (SSSR count). The molecule has 9 nitrogen and oxygen atoms in total. The third-order valence-electron chi connectivity index (χ3n) is 6.45. The zero-order valence-corrected chi connectivity index (χ0v) is 23.7. The van der Waals surface area contributed by atoms with Gasteiger partial charge in [0, 0.05) is 33.7 Å². The number of nitrogens with one attached hydrogen (secondary N) is 1. The largest absolute Gasteiger partial charge is 0.486 e. The maximum Gasteiger partial charge on any atom is 0.264 e. The molecule has 0 aliphatic carbocycles. The quantitative estimate of drug-likeness (QED) is 0.228. The van der Waals surface area contributed by atoms with E-state index < -0.39 is 28.3 Å². The van der Waals surface area contributed by atoms with Gasteiger partial charge in [0.15, 0.2) is 11.5 Å². The van der Waals surface area contributed by atoms with Gasteiger partial charge in [0.25, 0.3) is 15.9 Å². The Hall–Kier alpha value is -4.35. The van der Waals surface area contributed by atoms with E-state index >= 15 is 0 Å². The highest BCUT2D eigenvalue weighted by Gasteiger charge is 2.29. The summed E-state index contributed by atoms with van der Waals surface area (Å²) in [4.78, 5) is 12.8. The van der Waals surface area contributed by atoms with Gasteiger partial charge in [0.2, 0.25) is 0 Å². The van der Waals surface area contributed by atoms with E-state index in [1.54, 1.807) is 12.1 Å². The second kappa shape index (κ2) is 11.6. The molecule has 0 atom stereocenters. The summed E-state index contributed by atoms with van der Waals surface area (Å²) in [6.07, 6.45) is 1.49. The third kappa shape index (κ3) is 6.06. The number of carbonyl (C=O) groups excluding carboxylic acids is 1. The predicted octanol–water partition coefficient (Wildman–Crippen LogP) is 5.00. The Labute approximate surface area is 241 Å². The van der Waals surface area contributed by atoms with Crippen LogP contribution >= 0.6 is 11.6 Å². The zero-order chi connectivity index (χ0) is 29.1. The van der Waals surface area contributed by atoms with Crippen LogP contribution in [0, 0.1) is 19.7 Å². The Morgan fingerprint density at radius 1 is 1.02 bits per heavy atom. The number of aromatic nitrogens is 1. The van der Waals surface area contributed by atoms with E-state index in [4.69, 9.17) is 21.1 Å². The first-order chi connectivity index (χ1) is 19.6. The van der Waals surface area contributed by atoms with Crippen molar-refractivity contribution in [3.8, 4) is 17.2 Å². The molecule has 0 bridgehead atoms. The van der Waals surface area contributed by atoms with Gasteiger partial charge in [-0.25, -0.2) is 18.2 Å². The molecule has 1 aromatic heterocycles. The first-order valence-corrected chi connectivity index (χ1v) is 14.4. The minimum absolute atomic E-state index is 0.104. The fraction of sp³-hybridized carbons (Fsp3) is 0.172. The van der Waals surface area contributed by atoms with Crippen LogP contribution in [0.4, 0.5) is 10.1 Å². The third-order valence-corrected chi connectivity index (χ3v) is 8.47. The lowest BCUT2D eigenvalue weighted by Gasteiger charge is -2.25. The number of rotatable bonds is 8. The molecule has 0 saturated heterocycles. The first kappa shape index (κ1) is 28.2. The van der Waals surface area contributed by atoms with Crippen LogP contribution in [0.25, 0.3) is 5.69 Å². The number of nitrogens with zero attached hydrogens (tertiary/aromatic N) is 3. The molecule has 0 radical (unpaired) electrons. The minimum Gasteiger partial charge on any atom is -0.486 e. The van der Waals surface area contributed by atoms with Crippen molar-refractivity contribution in [3.05, 3.63) is 101 Å². The van der Waals surface area contributed by atoms with Gasteiger partial charge in [-0.2, -0.15) is 5.10 Å². The van der Waals surface area contributed by atoms with Crippen molar-refractivity contribution < 1.29 is 27.1 Å². The summed E-state index contributed by atoms with van der Waals surface area (Å²) < 4.78 is 54.9. The second-order valence-electron chi connectivity index (χ2n) is 9.23. The fourth-order valence-corrected chi connectivity index (χ4v) is 6.04. The van der Waals surface area contributed by atoms with Crippen LogP contribution in [0.15, 0.2) is 82.8 Å². The molecule has 41 heavy (non-hydrogen) atoms. The van der Waals surface area contributed by atoms with Crippen molar-refractivity contribution in [2.45, 2.75) is 18.7 Å². The Balaban J connectivity index is 1.37. The van der Waals surface area contributed by atoms with Crippen LogP contribution in [0.2, 0.25) is 5.02 Å².